The number of urea groups is 1. The second-order valence-corrected chi connectivity index (χ2v) is 7.88. The van der Waals surface area contributed by atoms with Gasteiger partial charge in [0.05, 0.1) is 23.9 Å². The van der Waals surface area contributed by atoms with Crippen molar-refractivity contribution in [3.05, 3.63) is 82.0 Å². The summed E-state index contributed by atoms with van der Waals surface area (Å²) in [6.45, 7) is -0.147. The van der Waals surface area contributed by atoms with Crippen molar-refractivity contribution in [2.45, 2.75) is 6.54 Å². The number of amides is 3. The highest BCUT2D eigenvalue weighted by atomic mass is 35.5. The number of benzene rings is 2. The van der Waals surface area contributed by atoms with Crippen molar-refractivity contribution in [3.63, 3.8) is 0 Å². The van der Waals surface area contributed by atoms with E-state index in [-0.39, 0.29) is 23.7 Å². The molecule has 0 aliphatic carbocycles. The minimum atomic E-state index is -0.768. The first-order chi connectivity index (χ1) is 16.9. The molecule has 0 spiro atoms. The van der Waals surface area contributed by atoms with Crippen LogP contribution in [0.3, 0.4) is 0 Å². The largest absolute Gasteiger partial charge is 0.479 e. The Balaban J connectivity index is 1.42. The number of carbonyl (C=O) groups is 2. The first-order valence-electron chi connectivity index (χ1n) is 9.98. The molecule has 3 N–H and O–H groups in total. The van der Waals surface area contributed by atoms with Gasteiger partial charge in [0.2, 0.25) is 5.76 Å². The number of halogens is 3. The van der Waals surface area contributed by atoms with E-state index in [4.69, 9.17) is 32.5 Å². The number of ether oxygens (including phenoxy) is 1. The Morgan fingerprint density at radius 2 is 2.00 bits per heavy atom. The monoisotopic (exact) mass is 518 g/mol. The van der Waals surface area contributed by atoms with E-state index < -0.39 is 17.8 Å². The molecule has 2 aromatic heterocycles. The van der Waals surface area contributed by atoms with Crippen LogP contribution < -0.4 is 20.9 Å². The molecular formula is C22H17Cl2FN6O4. The van der Waals surface area contributed by atoms with Crippen molar-refractivity contribution in [1.29, 1.82) is 0 Å². The Kier molecular flexibility index (Phi) is 7.18. The molecule has 10 nitrogen and oxygen atoms in total. The van der Waals surface area contributed by atoms with Crippen LogP contribution in [0, 0.1) is 5.82 Å². The Labute approximate surface area is 207 Å². The number of nitrogens with one attached hydrogen (secondary N) is 3. The average molecular weight is 519 g/mol. The Morgan fingerprint density at radius 3 is 2.69 bits per heavy atom. The SMILES string of the molecule is COc1cc(C(=O)NNC(=O)NCc2ccc(-c3cc(Cl)cc(Cl)c3-n3cccn3)cc2F)on1. The van der Waals surface area contributed by atoms with Gasteiger partial charge in [-0.1, -0.05) is 35.3 Å². The molecule has 0 atom stereocenters. The fraction of sp³-hybridized carbons (Fsp3) is 0.0909. The predicted molar refractivity (Wildman–Crippen MR) is 125 cm³/mol. The van der Waals surface area contributed by atoms with Gasteiger partial charge in [-0.3, -0.25) is 10.2 Å². The number of nitrogens with zero attached hydrogens (tertiary/aromatic N) is 3. The van der Waals surface area contributed by atoms with Crippen LogP contribution in [-0.2, 0) is 6.54 Å². The molecule has 0 aliphatic rings. The average Bonchev–Trinajstić information content (AvgIpc) is 3.53. The molecule has 0 aliphatic heterocycles. The summed E-state index contributed by atoms with van der Waals surface area (Å²) in [5.74, 6) is -1.38. The quantitative estimate of drug-likeness (QED) is 0.330. The van der Waals surface area contributed by atoms with Crippen LogP contribution in [0.1, 0.15) is 16.1 Å². The van der Waals surface area contributed by atoms with E-state index in [1.54, 1.807) is 41.3 Å². The Bertz CT molecular complexity index is 1380. The fourth-order valence-corrected chi connectivity index (χ4v) is 3.72. The molecular weight excluding hydrogens is 502 g/mol. The third-order valence-corrected chi connectivity index (χ3v) is 5.28. The summed E-state index contributed by atoms with van der Waals surface area (Å²) >= 11 is 12.6. The lowest BCUT2D eigenvalue weighted by atomic mass is 10.0. The Morgan fingerprint density at radius 1 is 1.17 bits per heavy atom. The van der Waals surface area contributed by atoms with Crippen LogP contribution in [0.2, 0.25) is 10.0 Å². The van der Waals surface area contributed by atoms with Gasteiger partial charge in [-0.2, -0.15) is 5.10 Å². The number of hydrogen-bond donors (Lipinski definition) is 3. The summed E-state index contributed by atoms with van der Waals surface area (Å²) in [5, 5.41) is 10.9. The highest BCUT2D eigenvalue weighted by Crippen LogP contribution is 2.35. The standard InChI is InChI=1S/C22H17Cl2FN6O4/c1-34-19-10-18(35-30-19)21(32)28-29-22(33)26-11-13-4-3-12(7-17(13)25)15-8-14(23)9-16(24)20(15)31-6-2-5-27-31/h2-10H,11H2,1H3,(H,28,32)(H2,26,29,33). The third-order valence-electron chi connectivity index (χ3n) is 4.78. The zero-order valence-electron chi connectivity index (χ0n) is 18.0. The second kappa shape index (κ2) is 10.5. The Hall–Kier alpha value is -4.09. The van der Waals surface area contributed by atoms with Gasteiger partial charge in [0.1, 0.15) is 5.82 Å². The van der Waals surface area contributed by atoms with E-state index in [1.807, 2.05) is 0 Å². The number of carbonyl (C=O) groups excluding carboxylic acids is 2. The van der Waals surface area contributed by atoms with Gasteiger partial charge in [-0.15, -0.1) is 0 Å². The molecule has 0 radical (unpaired) electrons. The summed E-state index contributed by atoms with van der Waals surface area (Å²) < 4.78 is 26.0. The maximum atomic E-state index is 14.9. The molecule has 0 fully saturated rings. The summed E-state index contributed by atoms with van der Waals surface area (Å²) in [6, 6.07) is 9.96. The van der Waals surface area contributed by atoms with Gasteiger partial charge < -0.3 is 14.6 Å². The lowest BCUT2D eigenvalue weighted by molar-refractivity contribution is 0.0899. The normalized spacial score (nSPS) is 10.6. The van der Waals surface area contributed by atoms with E-state index >= 15 is 0 Å². The summed E-state index contributed by atoms with van der Waals surface area (Å²) in [7, 11) is 1.36. The van der Waals surface area contributed by atoms with Crippen molar-refractivity contribution in [1.82, 2.24) is 31.1 Å². The van der Waals surface area contributed by atoms with Crippen LogP contribution in [0.5, 0.6) is 5.88 Å². The number of hydrazine groups is 1. The van der Waals surface area contributed by atoms with Crippen LogP contribution in [0.4, 0.5) is 9.18 Å². The molecule has 2 heterocycles. The van der Waals surface area contributed by atoms with Crippen molar-refractivity contribution < 1.29 is 23.2 Å². The van der Waals surface area contributed by atoms with Crippen LogP contribution in [0.25, 0.3) is 16.8 Å². The van der Waals surface area contributed by atoms with Crippen molar-refractivity contribution in [2.24, 2.45) is 0 Å². The molecule has 3 amide bonds. The summed E-state index contributed by atoms with van der Waals surface area (Å²) in [5.41, 5.74) is 6.11. The minimum absolute atomic E-state index is 0.107. The van der Waals surface area contributed by atoms with E-state index in [1.165, 1.54) is 25.3 Å². The van der Waals surface area contributed by atoms with Gasteiger partial charge in [0, 0.05) is 35.1 Å². The number of hydrogen-bond acceptors (Lipinski definition) is 6. The lowest BCUT2D eigenvalue weighted by Gasteiger charge is -2.14. The molecule has 0 bridgehead atoms. The maximum Gasteiger partial charge on any atom is 0.333 e. The molecule has 4 rings (SSSR count). The van der Waals surface area contributed by atoms with Crippen molar-refractivity contribution >= 4 is 35.1 Å². The first kappa shape index (κ1) is 24.0. The maximum absolute atomic E-state index is 14.9. The van der Waals surface area contributed by atoms with Crippen molar-refractivity contribution in [2.75, 3.05) is 7.11 Å². The van der Waals surface area contributed by atoms with Crippen LogP contribution in [-0.4, -0.2) is 34.0 Å². The van der Waals surface area contributed by atoms with Gasteiger partial charge in [0.25, 0.3) is 5.88 Å². The second-order valence-electron chi connectivity index (χ2n) is 7.04. The number of aromatic nitrogens is 3. The molecule has 180 valence electrons. The lowest BCUT2D eigenvalue weighted by Crippen LogP contribution is -2.46. The smallest absolute Gasteiger partial charge is 0.333 e. The number of methoxy groups -OCH3 is 1. The zero-order valence-corrected chi connectivity index (χ0v) is 19.5. The highest BCUT2D eigenvalue weighted by Gasteiger charge is 2.16. The van der Waals surface area contributed by atoms with E-state index in [0.29, 0.717) is 26.9 Å². The highest BCUT2D eigenvalue weighted by molar-refractivity contribution is 6.36. The fourth-order valence-electron chi connectivity index (χ4n) is 3.14. The van der Waals surface area contributed by atoms with E-state index in [0.717, 1.165) is 0 Å². The van der Waals surface area contributed by atoms with Gasteiger partial charge in [-0.05, 0) is 35.0 Å². The van der Waals surface area contributed by atoms with E-state index in [2.05, 4.69) is 26.4 Å². The molecule has 0 saturated heterocycles. The predicted octanol–water partition coefficient (Wildman–Crippen LogP) is 4.13. The topological polar surface area (TPSA) is 123 Å². The third kappa shape index (κ3) is 5.53. The summed E-state index contributed by atoms with van der Waals surface area (Å²) in [4.78, 5) is 23.9. The van der Waals surface area contributed by atoms with Crippen LogP contribution >= 0.6 is 23.2 Å². The summed E-state index contributed by atoms with van der Waals surface area (Å²) in [6.07, 6.45) is 3.31. The molecule has 35 heavy (non-hydrogen) atoms. The molecule has 0 unspecified atom stereocenters. The first-order valence-corrected chi connectivity index (χ1v) is 10.7. The zero-order chi connectivity index (χ0) is 24.9. The minimum Gasteiger partial charge on any atom is -0.479 e. The van der Waals surface area contributed by atoms with Gasteiger partial charge >= 0.3 is 11.9 Å². The van der Waals surface area contributed by atoms with Crippen molar-refractivity contribution in [3.8, 4) is 22.7 Å². The van der Waals surface area contributed by atoms with E-state index in [9.17, 15) is 14.0 Å². The van der Waals surface area contributed by atoms with Gasteiger partial charge in [0.15, 0.2) is 0 Å². The van der Waals surface area contributed by atoms with Gasteiger partial charge in [-0.25, -0.2) is 19.3 Å². The van der Waals surface area contributed by atoms with Crippen LogP contribution in [0.15, 0.2) is 59.4 Å². The molecule has 4 aromatic rings. The molecule has 13 heteroatoms. The molecule has 2 aromatic carbocycles. The molecule has 0 saturated carbocycles. The number of rotatable bonds is 6.